The van der Waals surface area contributed by atoms with Gasteiger partial charge in [0.15, 0.2) is 0 Å². The molecule has 0 saturated heterocycles. The van der Waals surface area contributed by atoms with Gasteiger partial charge in [-0.2, -0.15) is 48.5 Å². The molecule has 0 atom stereocenters. The van der Waals surface area contributed by atoms with Crippen molar-refractivity contribution < 1.29 is 19.2 Å². The van der Waals surface area contributed by atoms with Crippen molar-refractivity contribution in [2.75, 3.05) is 0 Å². The number of halogens is 2. The van der Waals surface area contributed by atoms with Crippen molar-refractivity contribution in [3.05, 3.63) is 126 Å². The summed E-state index contributed by atoms with van der Waals surface area (Å²) in [4.78, 5) is 0. The number of aryl methyl sites for hydroxylation is 2. The molecule has 2 radical (unpaired) electrons. The summed E-state index contributed by atoms with van der Waals surface area (Å²) in [5.74, 6) is 2.42. The molecule has 0 N–H and O–H groups in total. The normalized spacial score (nSPS) is 10.2. The Hall–Kier alpha value is -1.61. The van der Waals surface area contributed by atoms with Gasteiger partial charge in [0.05, 0.1) is 0 Å². The molecule has 0 saturated carbocycles. The van der Waals surface area contributed by atoms with Crippen molar-refractivity contribution in [1.82, 2.24) is 0 Å². The minimum atomic E-state index is 0. The van der Waals surface area contributed by atoms with Gasteiger partial charge in [-0.25, -0.2) is 0 Å². The van der Waals surface area contributed by atoms with Crippen LogP contribution in [0.5, 0.6) is 0 Å². The van der Waals surface area contributed by atoms with Crippen LogP contribution in [0.1, 0.15) is 126 Å². The Labute approximate surface area is 302 Å². The smallest absolute Gasteiger partial charge is 0.171 e. The third kappa shape index (κ3) is 13.2. The molecule has 45 heavy (non-hydrogen) atoms. The maximum Gasteiger partial charge on any atom is -0.171 e. The molecule has 0 nitrogen and oxygen atoms in total. The maximum absolute atomic E-state index is 2.97. The molecular formula is C41H56Cl2SiTi-4. The zero-order valence-corrected chi connectivity index (χ0v) is 33.7. The predicted molar refractivity (Wildman–Crippen MR) is 206 cm³/mol. The van der Waals surface area contributed by atoms with E-state index < -0.39 is 0 Å². The van der Waals surface area contributed by atoms with E-state index in [1.807, 2.05) is 30.3 Å². The Kier molecular flexibility index (Phi) is 23.1. The van der Waals surface area contributed by atoms with Crippen molar-refractivity contribution in [3.8, 4) is 0 Å². The second kappa shape index (κ2) is 22.8. The van der Waals surface area contributed by atoms with E-state index in [4.69, 9.17) is 0 Å². The van der Waals surface area contributed by atoms with Crippen LogP contribution in [0.4, 0.5) is 0 Å². The molecule has 0 bridgehead atoms. The number of rotatable bonds is 6. The third-order valence-electron chi connectivity index (χ3n) is 7.87. The van der Waals surface area contributed by atoms with E-state index in [1.165, 1.54) is 54.9 Å². The van der Waals surface area contributed by atoms with Crippen molar-refractivity contribution in [2.24, 2.45) is 0 Å². The average molecular weight is 696 g/mol. The molecule has 0 aliphatic carbocycles. The summed E-state index contributed by atoms with van der Waals surface area (Å²) >= 11 is 1.81. The van der Waals surface area contributed by atoms with Gasteiger partial charge in [-0.3, -0.25) is 0 Å². The monoisotopic (exact) mass is 694 g/mol. The van der Waals surface area contributed by atoms with Crippen LogP contribution in [0.25, 0.3) is 21.5 Å². The minimum Gasteiger partial charge on any atom is -0.184 e. The van der Waals surface area contributed by atoms with Crippen molar-refractivity contribution in [2.45, 2.75) is 106 Å². The van der Waals surface area contributed by atoms with Crippen LogP contribution in [0.2, 0.25) is 0 Å². The summed E-state index contributed by atoms with van der Waals surface area (Å²) in [6.45, 7) is 22.7. The quantitative estimate of drug-likeness (QED) is 0.123. The van der Waals surface area contributed by atoms with Crippen molar-refractivity contribution in [3.63, 3.8) is 0 Å². The van der Waals surface area contributed by atoms with Crippen molar-refractivity contribution >= 4 is 54.0 Å². The van der Waals surface area contributed by atoms with Crippen LogP contribution >= 0.6 is 24.8 Å². The van der Waals surface area contributed by atoms with Gasteiger partial charge in [0.1, 0.15) is 0 Å². The Balaban J connectivity index is 0. The first-order valence-corrected chi connectivity index (χ1v) is 18.5. The Morgan fingerprint density at radius 1 is 0.578 bits per heavy atom. The molecule has 4 heteroatoms. The minimum absolute atomic E-state index is 0. The first-order chi connectivity index (χ1) is 20.0. The number of hydrogen-bond donors (Lipinski definition) is 0. The molecule has 0 heterocycles. The molecule has 0 amide bonds. The Morgan fingerprint density at radius 2 is 0.933 bits per heavy atom. The summed E-state index contributed by atoms with van der Waals surface area (Å²) in [6.07, 6.45) is 2.26. The van der Waals surface area contributed by atoms with Gasteiger partial charge in [-0.15, -0.1) is 81.8 Å². The van der Waals surface area contributed by atoms with E-state index in [0.717, 1.165) is 12.8 Å². The van der Waals surface area contributed by atoms with Gasteiger partial charge >= 0.3 is 26.8 Å². The van der Waals surface area contributed by atoms with Gasteiger partial charge in [-0.05, 0) is 36.5 Å². The van der Waals surface area contributed by atoms with Crippen LogP contribution in [0, 0.1) is 13.5 Å². The van der Waals surface area contributed by atoms with E-state index in [-0.39, 0.29) is 32.2 Å². The topological polar surface area (TPSA) is 0 Å². The molecule has 5 aromatic rings. The molecule has 0 spiro atoms. The van der Waals surface area contributed by atoms with Crippen LogP contribution in [0.15, 0.2) is 78.9 Å². The van der Waals surface area contributed by atoms with Crippen LogP contribution < -0.4 is 0 Å². The largest absolute Gasteiger partial charge is 0.184 e. The number of benzene rings is 3. The first kappa shape index (κ1) is 45.5. The van der Waals surface area contributed by atoms with Gasteiger partial charge in [-0.1, -0.05) is 104 Å². The van der Waals surface area contributed by atoms with Gasteiger partial charge in [0.25, 0.3) is 0 Å². The summed E-state index contributed by atoms with van der Waals surface area (Å²) in [7, 11) is 2.97. The molecule has 0 aliphatic heterocycles. The molecule has 0 fully saturated rings. The molecule has 0 aliphatic rings. The number of hydrogen-bond acceptors (Lipinski definition) is 0. The predicted octanol–water partition coefficient (Wildman–Crippen LogP) is 13.1. The fourth-order valence-corrected chi connectivity index (χ4v) is 5.24. The Bertz CT molecular complexity index is 1370. The van der Waals surface area contributed by atoms with Gasteiger partial charge < -0.3 is 7.43 Å². The molecule has 0 unspecified atom stereocenters. The summed E-state index contributed by atoms with van der Waals surface area (Å²) in [6, 6.07) is 31.5. The van der Waals surface area contributed by atoms with Crippen LogP contribution in [-0.4, -0.2) is 7.63 Å². The second-order valence-electron chi connectivity index (χ2n) is 12.4. The SMILES string of the molecule is CCc1cc2c(C(C)C)cc(C(C)C)cc2[cH-]1.CCc1cc2c(C(C)C)cc(C(C)C)cc2[cH-]1.Cl.Cl.[CH3-].[Si]=[Ti].[c-]1ccccc1. The molecule has 0 aromatic heterocycles. The van der Waals surface area contributed by atoms with Crippen LogP contribution in [-0.2, 0) is 32.0 Å². The number of fused-ring (bicyclic) bond motifs is 2. The average Bonchev–Trinajstić information content (AvgIpc) is 3.62. The second-order valence-corrected chi connectivity index (χ2v) is 12.4. The van der Waals surface area contributed by atoms with Crippen LogP contribution in [0.3, 0.4) is 0 Å². The fraction of sp³-hybridized carbons (Fsp3) is 0.390. The van der Waals surface area contributed by atoms with E-state index >= 15 is 0 Å². The van der Waals surface area contributed by atoms with Crippen molar-refractivity contribution in [1.29, 1.82) is 0 Å². The Morgan fingerprint density at radius 3 is 1.16 bits per heavy atom. The van der Waals surface area contributed by atoms with Gasteiger partial charge in [0.2, 0.25) is 0 Å². The fourth-order valence-electron chi connectivity index (χ4n) is 5.24. The van der Waals surface area contributed by atoms with E-state index in [2.05, 4.69) is 131 Å². The van der Waals surface area contributed by atoms with E-state index in [1.54, 1.807) is 19.2 Å². The van der Waals surface area contributed by atoms with E-state index in [9.17, 15) is 0 Å². The zero-order valence-electron chi connectivity index (χ0n) is 29.5. The summed E-state index contributed by atoms with van der Waals surface area (Å²) in [5, 5.41) is 5.77. The maximum atomic E-state index is 2.97. The molecule has 5 rings (SSSR count). The van der Waals surface area contributed by atoms with Gasteiger partial charge in [0, 0.05) is 0 Å². The zero-order chi connectivity index (χ0) is 31.4. The molecule has 5 aromatic carbocycles. The molecule has 246 valence electrons. The molecular weight excluding hydrogens is 639 g/mol. The standard InChI is InChI=1S/2C17H23.C6H5.CH3.2ClH.Si.Ti/c2*1-6-13-7-15-9-14(11(2)3)10-16(12(4)5)17(15)8-13;1-2-4-6-5-3-1;;;;;/h2*7-12H,6H2,1-5H3;1-5H;1H3;2*1H;;/q4*-1;;;;. The third-order valence-corrected chi connectivity index (χ3v) is 7.87. The van der Waals surface area contributed by atoms with E-state index in [0.29, 0.717) is 23.7 Å². The first-order valence-electron chi connectivity index (χ1n) is 15.7. The summed E-state index contributed by atoms with van der Waals surface area (Å²) in [5.41, 5.74) is 8.87. The summed E-state index contributed by atoms with van der Waals surface area (Å²) < 4.78 is 0.